The second-order valence-corrected chi connectivity index (χ2v) is 12.0. The van der Waals surface area contributed by atoms with Gasteiger partial charge in [-0.05, 0) is 51.2 Å². The Labute approximate surface area is 265 Å². The van der Waals surface area contributed by atoms with Gasteiger partial charge in [-0.3, -0.25) is 0 Å². The summed E-state index contributed by atoms with van der Waals surface area (Å²) < 4.78 is 43.0. The van der Waals surface area contributed by atoms with Gasteiger partial charge in [0.2, 0.25) is 12.0 Å². The second kappa shape index (κ2) is 14.1. The summed E-state index contributed by atoms with van der Waals surface area (Å²) in [5, 5.41) is 61.1. The van der Waals surface area contributed by atoms with Crippen LogP contribution in [0, 0.1) is 0 Å². The van der Waals surface area contributed by atoms with Crippen LogP contribution in [0.15, 0.2) is 40.8 Å². The zero-order valence-corrected chi connectivity index (χ0v) is 25.5. The summed E-state index contributed by atoms with van der Waals surface area (Å²) in [5.41, 5.74) is 0.577. The van der Waals surface area contributed by atoms with E-state index in [4.69, 9.17) is 32.8 Å². The van der Waals surface area contributed by atoms with E-state index in [-0.39, 0.29) is 71.9 Å². The van der Waals surface area contributed by atoms with Crippen molar-refractivity contribution in [3.63, 3.8) is 0 Å². The van der Waals surface area contributed by atoms with Gasteiger partial charge in [0.15, 0.2) is 24.1 Å². The number of aliphatic hydroxyl groups is 3. The number of phenols is 3. The highest BCUT2D eigenvalue weighted by atomic mass is 16.7. The molecular weight excluding hydrogens is 604 g/mol. The molecule has 6 N–H and O–H groups in total. The van der Waals surface area contributed by atoms with Crippen LogP contribution in [0.4, 0.5) is 0 Å². The third kappa shape index (κ3) is 7.26. The van der Waals surface area contributed by atoms with E-state index in [9.17, 15) is 30.6 Å². The maximum absolute atomic E-state index is 10.7. The van der Waals surface area contributed by atoms with Crippen LogP contribution in [-0.2, 0) is 18.9 Å². The number of aliphatic hydroxyl groups excluding tert-OH is 3. The third-order valence-corrected chi connectivity index (χ3v) is 8.56. The fourth-order valence-corrected chi connectivity index (χ4v) is 6.02. The molecule has 8 unspecified atom stereocenters. The van der Waals surface area contributed by atoms with Crippen molar-refractivity contribution in [3.8, 4) is 40.1 Å². The number of fused-ring (bicyclic) bond motifs is 1. The summed E-state index contributed by atoms with van der Waals surface area (Å²) in [6.07, 6.45) is -0.907. The molecule has 46 heavy (non-hydrogen) atoms. The molecule has 0 aliphatic carbocycles. The number of phenolic OH excluding ortho intramolecular Hbond substituents is 3. The molecule has 3 aromatic rings. The van der Waals surface area contributed by atoms with E-state index in [2.05, 4.69) is 0 Å². The summed E-state index contributed by atoms with van der Waals surface area (Å²) in [5.74, 6) is -0.288. The summed E-state index contributed by atoms with van der Waals surface area (Å²) in [6, 6.07) is 8.64. The van der Waals surface area contributed by atoms with Gasteiger partial charge in [0.25, 0.3) is 0 Å². The lowest BCUT2D eigenvalue weighted by atomic mass is 10.0. The summed E-state index contributed by atoms with van der Waals surface area (Å²) >= 11 is 0. The van der Waals surface area contributed by atoms with Crippen LogP contribution in [0.3, 0.4) is 0 Å². The molecule has 250 valence electrons. The van der Waals surface area contributed by atoms with E-state index in [1.165, 1.54) is 30.3 Å². The minimum absolute atomic E-state index is 0.130. The lowest BCUT2D eigenvalue weighted by molar-refractivity contribution is -0.294. The first-order valence-corrected chi connectivity index (χ1v) is 15.7. The number of hydrogen-bond donors (Lipinski definition) is 6. The Morgan fingerprint density at radius 1 is 0.804 bits per heavy atom. The topological polar surface area (TPSA) is 188 Å². The van der Waals surface area contributed by atoms with Gasteiger partial charge in [0.1, 0.15) is 23.0 Å². The van der Waals surface area contributed by atoms with E-state index in [0.717, 1.165) is 12.8 Å². The molecule has 0 amide bonds. The van der Waals surface area contributed by atoms with Crippen molar-refractivity contribution in [2.45, 2.75) is 101 Å². The Kier molecular flexibility index (Phi) is 9.99. The molecule has 8 atom stereocenters. The van der Waals surface area contributed by atoms with Crippen molar-refractivity contribution < 1.29 is 63.5 Å². The van der Waals surface area contributed by atoms with Crippen LogP contribution in [0.5, 0.6) is 28.7 Å². The lowest BCUT2D eigenvalue weighted by Gasteiger charge is -2.40. The highest BCUT2D eigenvalue weighted by molar-refractivity contribution is 5.89. The number of benzene rings is 2. The second-order valence-electron chi connectivity index (χ2n) is 12.0. The van der Waals surface area contributed by atoms with Gasteiger partial charge in [0, 0.05) is 31.0 Å². The first kappa shape index (κ1) is 32.5. The molecule has 2 aromatic carbocycles. The molecule has 3 saturated heterocycles. The molecule has 0 bridgehead atoms. The monoisotopic (exact) mass is 645 g/mol. The number of aromatic hydroxyl groups is 3. The molecule has 3 aliphatic rings. The normalized spacial score (nSPS) is 30.3. The van der Waals surface area contributed by atoms with Crippen LogP contribution < -0.4 is 9.47 Å². The first-order chi connectivity index (χ1) is 22.2. The van der Waals surface area contributed by atoms with Gasteiger partial charge in [-0.2, -0.15) is 0 Å². The average molecular weight is 646 g/mol. The number of ether oxygens (including phenoxy) is 6. The van der Waals surface area contributed by atoms with Crippen LogP contribution in [0.25, 0.3) is 22.3 Å². The number of rotatable bonds is 9. The molecule has 0 radical (unpaired) electrons. The molecular formula is C33H41O13+. The summed E-state index contributed by atoms with van der Waals surface area (Å²) in [6.45, 7) is 1.45. The lowest BCUT2D eigenvalue weighted by Crippen LogP contribution is -2.51. The Balaban J connectivity index is 1.38. The summed E-state index contributed by atoms with van der Waals surface area (Å²) in [7, 11) is 0. The van der Waals surface area contributed by atoms with Crippen LogP contribution in [0.2, 0.25) is 0 Å². The highest BCUT2D eigenvalue weighted by Gasteiger charge is 2.41. The van der Waals surface area contributed by atoms with Crippen molar-refractivity contribution in [1.82, 2.24) is 0 Å². The molecule has 0 saturated carbocycles. The Hall–Kier alpha value is -3.43. The predicted molar refractivity (Wildman–Crippen MR) is 161 cm³/mol. The zero-order valence-electron chi connectivity index (χ0n) is 25.5. The maximum atomic E-state index is 10.7. The molecule has 13 heteroatoms. The standard InChI is InChI=1S/C33H40O13/c1-17-24(38)14-29(44-31-7-3-5-21(16-35)42-31)33(40-17)46-28-13-22-26(43-30-6-2-4-20(15-34)41-30)11-19(36)12-27(22)45-32(28)18-8-9-23(37)25(39)10-18/h8-13,17,20-21,24,29-31,33-35,38H,2-7,14-16H2,1H3,(H2-,36,37,39)/p+1. The largest absolute Gasteiger partial charge is 0.507 e. The summed E-state index contributed by atoms with van der Waals surface area (Å²) in [4.78, 5) is 0. The minimum Gasteiger partial charge on any atom is -0.507 e. The molecule has 4 heterocycles. The number of hydrogen-bond acceptors (Lipinski definition) is 12. The van der Waals surface area contributed by atoms with Gasteiger partial charge >= 0.3 is 11.3 Å². The van der Waals surface area contributed by atoms with Crippen molar-refractivity contribution >= 4 is 11.0 Å². The van der Waals surface area contributed by atoms with Crippen molar-refractivity contribution in [2.75, 3.05) is 13.2 Å². The quantitative estimate of drug-likeness (QED) is 0.145. The third-order valence-electron chi connectivity index (χ3n) is 8.56. The minimum atomic E-state index is -1.04. The van der Waals surface area contributed by atoms with Gasteiger partial charge in [-0.25, -0.2) is 4.42 Å². The smallest absolute Gasteiger partial charge is 0.402 e. The van der Waals surface area contributed by atoms with Gasteiger partial charge in [0.05, 0.1) is 49.3 Å². The Morgan fingerprint density at radius 3 is 2.24 bits per heavy atom. The van der Waals surface area contributed by atoms with E-state index in [1.807, 2.05) is 0 Å². The van der Waals surface area contributed by atoms with Gasteiger partial charge in [-0.1, -0.05) is 0 Å². The van der Waals surface area contributed by atoms with E-state index in [1.54, 1.807) is 13.0 Å². The average Bonchev–Trinajstić information content (AvgIpc) is 3.05. The van der Waals surface area contributed by atoms with Gasteiger partial charge < -0.3 is 59.1 Å². The highest BCUT2D eigenvalue weighted by Crippen LogP contribution is 2.43. The van der Waals surface area contributed by atoms with Crippen LogP contribution in [0.1, 0.15) is 51.9 Å². The van der Waals surface area contributed by atoms with Gasteiger partial charge in [-0.15, -0.1) is 0 Å². The van der Waals surface area contributed by atoms with E-state index >= 15 is 0 Å². The van der Waals surface area contributed by atoms with Crippen LogP contribution in [-0.4, -0.2) is 93.2 Å². The fraction of sp³-hybridized carbons (Fsp3) is 0.545. The van der Waals surface area contributed by atoms with Crippen molar-refractivity contribution in [2.24, 2.45) is 0 Å². The molecule has 1 aromatic heterocycles. The zero-order chi connectivity index (χ0) is 32.4. The maximum Gasteiger partial charge on any atom is 0.402 e. The van der Waals surface area contributed by atoms with Crippen molar-refractivity contribution in [3.05, 3.63) is 36.4 Å². The van der Waals surface area contributed by atoms with E-state index in [0.29, 0.717) is 36.6 Å². The molecule has 13 nitrogen and oxygen atoms in total. The predicted octanol–water partition coefficient (Wildman–Crippen LogP) is 3.91. The Morgan fingerprint density at radius 2 is 1.52 bits per heavy atom. The molecule has 6 rings (SSSR count). The SMILES string of the molecule is CC1OC(Oc2cc3c(OC4CCCC(CO)O4)cc(O)cc3[o+]c2-c2ccc(O)c(O)c2)C(OC2CCCC(CO)O2)CC1O. The molecule has 0 spiro atoms. The molecule has 3 fully saturated rings. The Bertz CT molecular complexity index is 1500. The molecule has 3 aliphatic heterocycles. The van der Waals surface area contributed by atoms with Crippen molar-refractivity contribution in [1.29, 1.82) is 0 Å². The van der Waals surface area contributed by atoms with E-state index < -0.39 is 37.2 Å². The first-order valence-electron chi connectivity index (χ1n) is 15.7. The fourth-order valence-electron chi connectivity index (χ4n) is 6.02. The van der Waals surface area contributed by atoms with Crippen LogP contribution >= 0.6 is 0 Å².